The molecule has 1 unspecified atom stereocenters. The molecule has 1 aromatic heterocycles. The van der Waals surface area contributed by atoms with E-state index in [1.54, 1.807) is 0 Å². The van der Waals surface area contributed by atoms with Gasteiger partial charge in [-0.25, -0.2) is 4.79 Å². The van der Waals surface area contributed by atoms with Gasteiger partial charge < -0.3 is 30.2 Å². The molecule has 0 spiro atoms. The van der Waals surface area contributed by atoms with E-state index in [0.717, 1.165) is 25.1 Å². The van der Waals surface area contributed by atoms with Crippen LogP contribution in [0.2, 0.25) is 0 Å². The van der Waals surface area contributed by atoms with E-state index < -0.39 is 63.5 Å². The fourth-order valence-electron chi connectivity index (χ4n) is 2.54. The number of Topliss-reactive ketones (excluding diaryl/α,β-unsaturated/α-hetero) is 1. The van der Waals surface area contributed by atoms with E-state index in [1.165, 1.54) is 6.92 Å². The van der Waals surface area contributed by atoms with Crippen LogP contribution in [0.5, 0.6) is 11.7 Å². The molecule has 0 fully saturated rings. The van der Waals surface area contributed by atoms with Crippen molar-refractivity contribution in [2.75, 3.05) is 11.9 Å². The predicted octanol–water partition coefficient (Wildman–Crippen LogP) is 0.594. The molecule has 2 aromatic rings. The van der Waals surface area contributed by atoms with Gasteiger partial charge in [-0.15, -0.1) is 0 Å². The first kappa shape index (κ1) is 23.2. The topological polar surface area (TPSA) is 213 Å². The number of nitrogens with one attached hydrogen (secondary N) is 1. The van der Waals surface area contributed by atoms with E-state index in [2.05, 4.69) is 14.7 Å². The van der Waals surface area contributed by atoms with E-state index >= 15 is 0 Å². The number of aliphatic hydroxyl groups is 2. The van der Waals surface area contributed by atoms with Gasteiger partial charge in [0, 0.05) is 17.8 Å². The summed E-state index contributed by atoms with van der Waals surface area (Å²) in [6.45, 7) is 1.38. The summed E-state index contributed by atoms with van der Waals surface area (Å²) in [4.78, 5) is 49.8. The predicted molar refractivity (Wildman–Crippen MR) is 105 cm³/mol. The van der Waals surface area contributed by atoms with Crippen LogP contribution in [0.25, 0.3) is 0 Å². The Morgan fingerprint density at radius 1 is 1.23 bits per heavy atom. The van der Waals surface area contributed by atoms with Crippen molar-refractivity contribution in [2.24, 2.45) is 4.99 Å². The molecule has 13 nitrogen and oxygen atoms in total. The maximum Gasteiger partial charge on any atom is 0.351 e. The second-order valence-corrected chi connectivity index (χ2v) is 6.23. The number of anilines is 1. The Morgan fingerprint density at radius 2 is 1.87 bits per heavy atom. The lowest BCUT2D eigenvalue weighted by Crippen LogP contribution is -2.30. The van der Waals surface area contributed by atoms with Crippen molar-refractivity contribution in [3.05, 3.63) is 49.9 Å². The first-order valence-corrected chi connectivity index (χ1v) is 8.51. The monoisotopic (exact) mass is 435 g/mol. The van der Waals surface area contributed by atoms with Crippen LogP contribution < -0.4 is 10.9 Å². The van der Waals surface area contributed by atoms with Crippen LogP contribution in [-0.2, 0) is 4.79 Å². The SMILES string of the molecule is CC(=O)c1c(O)oc(=O)c(C(C)=Nc2cc(NC(=O)C(O)CO)cc([N+](=O)[O-])c2)c1O. The number of rotatable bonds is 7. The molecule has 13 heteroatoms. The first-order chi connectivity index (χ1) is 14.5. The molecule has 0 saturated carbocycles. The number of hydrogen-bond acceptors (Lipinski definition) is 11. The Bertz CT molecular complexity index is 1150. The van der Waals surface area contributed by atoms with Crippen molar-refractivity contribution in [3.63, 3.8) is 0 Å². The quantitative estimate of drug-likeness (QED) is 0.177. The Balaban J connectivity index is 2.60. The molecule has 0 bridgehead atoms. The van der Waals surface area contributed by atoms with Crippen molar-refractivity contribution in [2.45, 2.75) is 20.0 Å². The molecule has 0 saturated heterocycles. The van der Waals surface area contributed by atoms with Gasteiger partial charge in [0.1, 0.15) is 16.9 Å². The van der Waals surface area contributed by atoms with Gasteiger partial charge in [0.25, 0.3) is 17.5 Å². The van der Waals surface area contributed by atoms with Crippen LogP contribution in [0.15, 0.2) is 32.4 Å². The molecule has 0 aliphatic carbocycles. The van der Waals surface area contributed by atoms with Crippen LogP contribution in [0.1, 0.15) is 29.8 Å². The summed E-state index contributed by atoms with van der Waals surface area (Å²) in [6.07, 6.45) is -1.77. The number of non-ortho nitro benzene ring substituents is 1. The smallest absolute Gasteiger partial charge is 0.351 e. The number of aliphatic hydroxyl groups excluding tert-OH is 2. The summed E-state index contributed by atoms with van der Waals surface area (Å²) < 4.78 is 4.54. The van der Waals surface area contributed by atoms with Gasteiger partial charge >= 0.3 is 5.63 Å². The number of nitrogens with zero attached hydrogens (tertiary/aromatic N) is 2. The molecule has 31 heavy (non-hydrogen) atoms. The fourth-order valence-corrected chi connectivity index (χ4v) is 2.54. The Hall–Kier alpha value is -4.10. The molecule has 0 radical (unpaired) electrons. The number of nitro groups is 1. The second-order valence-electron chi connectivity index (χ2n) is 6.23. The highest BCUT2D eigenvalue weighted by Gasteiger charge is 2.24. The normalized spacial score (nSPS) is 12.3. The van der Waals surface area contributed by atoms with E-state index in [0.29, 0.717) is 0 Å². The van der Waals surface area contributed by atoms with E-state index in [-0.39, 0.29) is 17.1 Å². The van der Waals surface area contributed by atoms with Crippen molar-refractivity contribution >= 4 is 34.5 Å². The fraction of sp³-hybridized carbons (Fsp3) is 0.222. The molecular formula is C18H17N3O10. The minimum absolute atomic E-state index is 0.142. The Morgan fingerprint density at radius 3 is 2.42 bits per heavy atom. The van der Waals surface area contributed by atoms with Crippen LogP contribution in [0.4, 0.5) is 17.1 Å². The van der Waals surface area contributed by atoms with Crippen LogP contribution in [0, 0.1) is 10.1 Å². The lowest BCUT2D eigenvalue weighted by Gasteiger charge is -2.10. The number of aliphatic imine (C=N–C) groups is 1. The lowest BCUT2D eigenvalue weighted by molar-refractivity contribution is -0.384. The maximum atomic E-state index is 12.1. The van der Waals surface area contributed by atoms with Crippen LogP contribution in [-0.4, -0.2) is 55.5 Å². The molecule has 5 N–H and O–H groups in total. The number of carbonyl (C=O) groups is 2. The molecule has 0 aliphatic heterocycles. The number of amides is 1. The molecule has 1 atom stereocenters. The highest BCUT2D eigenvalue weighted by molar-refractivity contribution is 6.07. The highest BCUT2D eigenvalue weighted by Crippen LogP contribution is 2.31. The third-order valence-corrected chi connectivity index (χ3v) is 3.95. The zero-order valence-electron chi connectivity index (χ0n) is 16.1. The third-order valence-electron chi connectivity index (χ3n) is 3.95. The lowest BCUT2D eigenvalue weighted by atomic mass is 10.1. The zero-order valence-corrected chi connectivity index (χ0v) is 16.1. The summed E-state index contributed by atoms with van der Waals surface area (Å²) in [7, 11) is 0. The number of benzene rings is 1. The molecule has 0 aliphatic rings. The van der Waals surface area contributed by atoms with Gasteiger partial charge in [-0.1, -0.05) is 0 Å². The van der Waals surface area contributed by atoms with Crippen LogP contribution in [0.3, 0.4) is 0 Å². The Kier molecular flexibility index (Phi) is 6.84. The molecule has 2 rings (SSSR count). The van der Waals surface area contributed by atoms with E-state index in [9.17, 15) is 39.8 Å². The average molecular weight is 435 g/mol. The summed E-state index contributed by atoms with van der Waals surface area (Å²) in [5, 5.41) is 51.3. The summed E-state index contributed by atoms with van der Waals surface area (Å²) in [5.74, 6) is -3.78. The standard InChI is InChI=1S/C18H17N3O10/c1-7(13-15(25)14(8(2)23)18(28)31-17(13)27)19-9-3-10(5-11(4-9)21(29)30)20-16(26)12(24)6-22/h3-5,12,22,24-25,28H,6H2,1-2H3,(H,20,26). The molecule has 164 valence electrons. The summed E-state index contributed by atoms with van der Waals surface area (Å²) in [5.41, 5.74) is -3.44. The first-order valence-electron chi connectivity index (χ1n) is 8.51. The molecule has 1 amide bonds. The van der Waals surface area contributed by atoms with E-state index in [4.69, 9.17) is 5.11 Å². The van der Waals surface area contributed by atoms with Gasteiger partial charge in [0.15, 0.2) is 11.9 Å². The Labute approximate surface area is 173 Å². The molecule has 1 aromatic carbocycles. The highest BCUT2D eigenvalue weighted by atomic mass is 16.6. The average Bonchev–Trinajstić information content (AvgIpc) is 2.66. The van der Waals surface area contributed by atoms with Crippen molar-refractivity contribution in [1.82, 2.24) is 0 Å². The zero-order chi connectivity index (χ0) is 23.5. The minimum atomic E-state index is -1.77. The maximum absolute atomic E-state index is 12.1. The molecular weight excluding hydrogens is 418 g/mol. The number of ketones is 1. The largest absolute Gasteiger partial charge is 0.506 e. The summed E-state index contributed by atoms with van der Waals surface area (Å²) in [6, 6.07) is 3.12. The van der Waals surface area contributed by atoms with Crippen molar-refractivity contribution < 1.29 is 39.4 Å². The number of hydrogen-bond donors (Lipinski definition) is 5. The van der Waals surface area contributed by atoms with Gasteiger partial charge in [0.05, 0.1) is 22.9 Å². The number of carbonyl (C=O) groups excluding carboxylic acids is 2. The van der Waals surface area contributed by atoms with Gasteiger partial charge in [-0.05, 0) is 19.9 Å². The number of nitro benzene ring substituents is 1. The van der Waals surface area contributed by atoms with Gasteiger partial charge in [-0.3, -0.25) is 24.7 Å². The second kappa shape index (κ2) is 9.15. The third kappa shape index (κ3) is 5.09. The van der Waals surface area contributed by atoms with Crippen molar-refractivity contribution in [3.8, 4) is 11.7 Å². The van der Waals surface area contributed by atoms with Crippen molar-refractivity contribution in [1.29, 1.82) is 0 Å². The van der Waals surface area contributed by atoms with E-state index in [1.807, 2.05) is 0 Å². The molecule has 1 heterocycles. The number of aromatic hydroxyl groups is 2. The van der Waals surface area contributed by atoms with Crippen LogP contribution >= 0.6 is 0 Å². The minimum Gasteiger partial charge on any atom is -0.506 e. The van der Waals surface area contributed by atoms with Gasteiger partial charge in [0.2, 0.25) is 0 Å². The summed E-state index contributed by atoms with van der Waals surface area (Å²) >= 11 is 0. The van der Waals surface area contributed by atoms with Gasteiger partial charge in [-0.2, -0.15) is 0 Å².